The van der Waals surface area contributed by atoms with Gasteiger partial charge in [0, 0.05) is 10.0 Å². The van der Waals surface area contributed by atoms with Gasteiger partial charge < -0.3 is 5.11 Å². The van der Waals surface area contributed by atoms with Crippen LogP contribution in [0.15, 0.2) is 88.0 Å². The summed E-state index contributed by atoms with van der Waals surface area (Å²) in [6, 6.07) is 22.1. The number of anilines is 1. The van der Waals surface area contributed by atoms with Crippen molar-refractivity contribution >= 4 is 39.4 Å². The number of nitrogens with zero attached hydrogens (tertiary/aromatic N) is 2. The van der Waals surface area contributed by atoms with E-state index in [4.69, 9.17) is 0 Å². The van der Waals surface area contributed by atoms with Gasteiger partial charge in [-0.3, -0.25) is 9.69 Å². The highest BCUT2D eigenvalue weighted by molar-refractivity contribution is 9.10. The second kappa shape index (κ2) is 7.44. The molecule has 0 atom stereocenters. The Labute approximate surface area is 171 Å². The van der Waals surface area contributed by atoms with E-state index in [0.29, 0.717) is 17.2 Å². The van der Waals surface area contributed by atoms with Crippen molar-refractivity contribution in [3.63, 3.8) is 0 Å². The number of hydrogen-bond donors (Lipinski definition) is 1. The standard InChI is InChI=1S/C23H17BrN2O2/c1-15-5-7-17(8-6-15)22-25-21(14-16-3-2-4-18(24)13-16)23(28)26(22)19-9-11-20(27)12-10-19/h2-14,27H,1H3/b21-14+. The van der Waals surface area contributed by atoms with Crippen molar-refractivity contribution in [2.45, 2.75) is 6.92 Å². The van der Waals surface area contributed by atoms with Gasteiger partial charge in [0.2, 0.25) is 0 Å². The molecule has 0 unspecified atom stereocenters. The van der Waals surface area contributed by atoms with E-state index in [2.05, 4.69) is 20.9 Å². The first-order valence-electron chi connectivity index (χ1n) is 8.78. The van der Waals surface area contributed by atoms with E-state index < -0.39 is 0 Å². The summed E-state index contributed by atoms with van der Waals surface area (Å²) in [4.78, 5) is 19.4. The van der Waals surface area contributed by atoms with Crippen molar-refractivity contribution < 1.29 is 9.90 Å². The molecule has 3 aromatic rings. The van der Waals surface area contributed by atoms with E-state index in [9.17, 15) is 9.90 Å². The first-order valence-corrected chi connectivity index (χ1v) is 9.57. The highest BCUT2D eigenvalue weighted by atomic mass is 79.9. The summed E-state index contributed by atoms with van der Waals surface area (Å²) in [6.45, 7) is 2.02. The summed E-state index contributed by atoms with van der Waals surface area (Å²) in [7, 11) is 0. The molecule has 3 aromatic carbocycles. The summed E-state index contributed by atoms with van der Waals surface area (Å²) in [6.07, 6.45) is 1.78. The normalized spacial score (nSPS) is 15.2. The summed E-state index contributed by atoms with van der Waals surface area (Å²) in [5.41, 5.74) is 3.89. The molecule has 0 aromatic heterocycles. The number of aliphatic imine (C=N–C) groups is 1. The highest BCUT2D eigenvalue weighted by Gasteiger charge is 2.32. The summed E-state index contributed by atoms with van der Waals surface area (Å²) in [5.74, 6) is 0.507. The van der Waals surface area contributed by atoms with Crippen molar-refractivity contribution in [3.05, 3.63) is 99.7 Å². The SMILES string of the molecule is Cc1ccc(C2=N/C(=C/c3cccc(Br)c3)C(=O)N2c2ccc(O)cc2)cc1. The molecule has 5 heteroatoms. The molecule has 0 aliphatic carbocycles. The monoisotopic (exact) mass is 432 g/mol. The maximum atomic E-state index is 13.2. The maximum absolute atomic E-state index is 13.2. The molecule has 0 radical (unpaired) electrons. The number of halogens is 1. The Morgan fingerprint density at radius 1 is 1.00 bits per heavy atom. The molecule has 0 saturated carbocycles. The lowest BCUT2D eigenvalue weighted by Gasteiger charge is -2.18. The number of amidine groups is 1. The lowest BCUT2D eigenvalue weighted by Crippen LogP contribution is -2.32. The van der Waals surface area contributed by atoms with Gasteiger partial charge in [0.25, 0.3) is 5.91 Å². The Bertz CT molecular complexity index is 1100. The zero-order valence-electron chi connectivity index (χ0n) is 15.1. The third kappa shape index (κ3) is 3.62. The molecule has 0 fully saturated rings. The maximum Gasteiger partial charge on any atom is 0.282 e. The van der Waals surface area contributed by atoms with Gasteiger partial charge in [0.05, 0.1) is 5.69 Å². The zero-order valence-corrected chi connectivity index (χ0v) is 16.7. The predicted molar refractivity (Wildman–Crippen MR) is 115 cm³/mol. The highest BCUT2D eigenvalue weighted by Crippen LogP contribution is 2.29. The van der Waals surface area contributed by atoms with Crippen LogP contribution in [0.5, 0.6) is 5.75 Å². The van der Waals surface area contributed by atoms with Crippen LogP contribution in [-0.4, -0.2) is 16.8 Å². The van der Waals surface area contributed by atoms with Gasteiger partial charge in [-0.25, -0.2) is 4.99 Å². The molecule has 0 saturated heterocycles. The molecule has 138 valence electrons. The van der Waals surface area contributed by atoms with Gasteiger partial charge >= 0.3 is 0 Å². The van der Waals surface area contributed by atoms with E-state index in [1.165, 1.54) is 0 Å². The van der Waals surface area contributed by atoms with Gasteiger partial charge in [-0.1, -0.05) is 57.9 Å². The molecular weight excluding hydrogens is 416 g/mol. The number of aromatic hydroxyl groups is 1. The van der Waals surface area contributed by atoms with Crippen LogP contribution in [0.25, 0.3) is 6.08 Å². The van der Waals surface area contributed by atoms with Crippen molar-refractivity contribution in [2.24, 2.45) is 4.99 Å². The molecule has 4 nitrogen and oxygen atoms in total. The van der Waals surface area contributed by atoms with Crippen molar-refractivity contribution in [1.29, 1.82) is 0 Å². The molecular formula is C23H17BrN2O2. The Morgan fingerprint density at radius 3 is 2.39 bits per heavy atom. The fraction of sp³-hybridized carbons (Fsp3) is 0.0435. The molecule has 1 N–H and O–H groups in total. The zero-order chi connectivity index (χ0) is 19.7. The van der Waals surface area contributed by atoms with Crippen LogP contribution >= 0.6 is 15.9 Å². The lowest BCUT2D eigenvalue weighted by atomic mass is 10.1. The van der Waals surface area contributed by atoms with Crippen molar-refractivity contribution in [2.75, 3.05) is 4.90 Å². The van der Waals surface area contributed by atoms with Crippen LogP contribution in [0.4, 0.5) is 5.69 Å². The molecule has 4 rings (SSSR count). The van der Waals surface area contributed by atoms with Gasteiger partial charge in [0.15, 0.2) is 0 Å². The minimum atomic E-state index is -0.207. The largest absolute Gasteiger partial charge is 0.508 e. The van der Waals surface area contributed by atoms with E-state index in [0.717, 1.165) is 21.2 Å². The minimum absolute atomic E-state index is 0.147. The average molecular weight is 433 g/mol. The number of phenolic OH excluding ortho intramolecular Hbond substituents is 1. The van der Waals surface area contributed by atoms with Crippen LogP contribution in [-0.2, 0) is 4.79 Å². The van der Waals surface area contributed by atoms with Gasteiger partial charge in [-0.2, -0.15) is 0 Å². The summed E-state index contributed by atoms with van der Waals surface area (Å²) >= 11 is 3.45. The van der Waals surface area contributed by atoms with Crippen molar-refractivity contribution in [1.82, 2.24) is 0 Å². The first kappa shape index (κ1) is 18.2. The summed E-state index contributed by atoms with van der Waals surface area (Å²) < 4.78 is 0.936. The Hall–Kier alpha value is -3.18. The smallest absolute Gasteiger partial charge is 0.282 e. The average Bonchev–Trinajstić information content (AvgIpc) is 2.99. The van der Waals surface area contributed by atoms with E-state index in [1.54, 1.807) is 35.2 Å². The third-order valence-electron chi connectivity index (χ3n) is 4.43. The van der Waals surface area contributed by atoms with Gasteiger partial charge in [-0.15, -0.1) is 0 Å². The number of benzene rings is 3. The van der Waals surface area contributed by atoms with E-state index in [1.807, 2.05) is 55.5 Å². The van der Waals surface area contributed by atoms with Crippen LogP contribution in [0.2, 0.25) is 0 Å². The predicted octanol–water partition coefficient (Wildman–Crippen LogP) is 5.30. The molecule has 0 bridgehead atoms. The molecule has 0 spiro atoms. The second-order valence-electron chi connectivity index (χ2n) is 6.54. The number of amides is 1. The quantitative estimate of drug-likeness (QED) is 0.571. The molecule has 1 aliphatic heterocycles. The molecule has 28 heavy (non-hydrogen) atoms. The minimum Gasteiger partial charge on any atom is -0.508 e. The Balaban J connectivity index is 1.82. The van der Waals surface area contributed by atoms with Gasteiger partial charge in [-0.05, 0) is 55.0 Å². The number of rotatable bonds is 3. The fourth-order valence-electron chi connectivity index (χ4n) is 3.01. The number of carbonyl (C=O) groups excluding carboxylic acids is 1. The van der Waals surface area contributed by atoms with Crippen LogP contribution < -0.4 is 4.90 Å². The van der Waals surface area contributed by atoms with E-state index >= 15 is 0 Å². The number of hydrogen-bond acceptors (Lipinski definition) is 3. The Morgan fingerprint density at radius 2 is 1.71 bits per heavy atom. The number of carbonyl (C=O) groups is 1. The molecule has 1 amide bonds. The van der Waals surface area contributed by atoms with Crippen LogP contribution in [0.1, 0.15) is 16.7 Å². The number of aryl methyl sites for hydroxylation is 1. The second-order valence-corrected chi connectivity index (χ2v) is 7.46. The fourth-order valence-corrected chi connectivity index (χ4v) is 3.43. The van der Waals surface area contributed by atoms with Crippen LogP contribution in [0.3, 0.4) is 0 Å². The van der Waals surface area contributed by atoms with E-state index in [-0.39, 0.29) is 11.7 Å². The first-order chi connectivity index (χ1) is 13.5. The number of phenols is 1. The molecule has 1 heterocycles. The van der Waals surface area contributed by atoms with Crippen molar-refractivity contribution in [3.8, 4) is 5.75 Å². The van der Waals surface area contributed by atoms with Gasteiger partial charge in [0.1, 0.15) is 17.3 Å². The lowest BCUT2D eigenvalue weighted by molar-refractivity contribution is -0.113. The third-order valence-corrected chi connectivity index (χ3v) is 4.92. The van der Waals surface area contributed by atoms with Crippen LogP contribution in [0, 0.1) is 6.92 Å². The summed E-state index contributed by atoms with van der Waals surface area (Å²) in [5, 5.41) is 9.60. The molecule has 1 aliphatic rings. The topological polar surface area (TPSA) is 52.9 Å². The Kier molecular flexibility index (Phi) is 4.84.